The maximum atomic E-state index is 5.78. The van der Waals surface area contributed by atoms with Gasteiger partial charge < -0.3 is 5.32 Å². The minimum absolute atomic E-state index is 0.0199. The van der Waals surface area contributed by atoms with E-state index in [1.54, 1.807) is 5.54 Å². The second-order valence-electron chi connectivity index (χ2n) is 6.93. The number of piperazine rings is 1. The topological polar surface area (TPSA) is 15.3 Å². The van der Waals surface area contributed by atoms with Crippen LogP contribution in [0.15, 0.2) is 41.9 Å². The van der Waals surface area contributed by atoms with Gasteiger partial charge in [0.2, 0.25) is 0 Å². The molecule has 1 aliphatic heterocycles. The maximum Gasteiger partial charge on any atom is 0.0561 e. The molecule has 1 aromatic rings. The highest BCUT2D eigenvalue weighted by Gasteiger charge is 2.49. The number of halogens is 1. The molecule has 1 saturated heterocycles. The summed E-state index contributed by atoms with van der Waals surface area (Å²) in [5.74, 6) is 0.834. The summed E-state index contributed by atoms with van der Waals surface area (Å²) in [4.78, 5) is 2.58. The third kappa shape index (κ3) is 2.90. The summed E-state index contributed by atoms with van der Waals surface area (Å²) < 4.78 is 0. The van der Waals surface area contributed by atoms with Gasteiger partial charge in [0.1, 0.15) is 0 Å². The summed E-state index contributed by atoms with van der Waals surface area (Å²) in [5.41, 5.74) is 3.28. The van der Waals surface area contributed by atoms with Crippen LogP contribution >= 0.6 is 11.6 Å². The van der Waals surface area contributed by atoms with Gasteiger partial charge in [-0.05, 0) is 38.2 Å². The molecule has 2 aliphatic rings. The number of hydrogen-bond acceptors (Lipinski definition) is 2. The zero-order valence-corrected chi connectivity index (χ0v) is 13.7. The van der Waals surface area contributed by atoms with Crippen molar-refractivity contribution in [3.05, 3.63) is 47.5 Å². The lowest BCUT2D eigenvalue weighted by Crippen LogP contribution is -2.67. The molecule has 1 saturated carbocycles. The van der Waals surface area contributed by atoms with E-state index in [0.29, 0.717) is 0 Å². The molecule has 2 nitrogen and oxygen atoms in total. The second kappa shape index (κ2) is 5.75. The fourth-order valence-electron chi connectivity index (χ4n) is 3.62. The van der Waals surface area contributed by atoms with Gasteiger partial charge in [-0.2, -0.15) is 0 Å². The first-order chi connectivity index (χ1) is 10.1. The third-order valence-electron chi connectivity index (χ3n) is 5.34. The molecule has 0 amide bonds. The van der Waals surface area contributed by atoms with Gasteiger partial charge >= 0.3 is 0 Å². The average Bonchev–Trinajstić information content (AvgIpc) is 3.35. The summed E-state index contributed by atoms with van der Waals surface area (Å²) in [6.07, 6.45) is 4.79. The first-order valence-electron chi connectivity index (χ1n) is 7.89. The molecule has 0 aromatic heterocycles. The van der Waals surface area contributed by atoms with Crippen molar-refractivity contribution in [2.24, 2.45) is 5.92 Å². The molecule has 2 atom stereocenters. The Hall–Kier alpha value is -0.830. The van der Waals surface area contributed by atoms with Crippen molar-refractivity contribution in [2.75, 3.05) is 19.6 Å². The summed E-state index contributed by atoms with van der Waals surface area (Å²) in [5, 5.41) is 3.85. The van der Waals surface area contributed by atoms with E-state index in [9.17, 15) is 0 Å². The summed E-state index contributed by atoms with van der Waals surface area (Å²) in [6, 6.07) is 10.8. The molecule has 3 heteroatoms. The lowest BCUT2D eigenvalue weighted by molar-refractivity contribution is 0.0197. The van der Waals surface area contributed by atoms with Gasteiger partial charge in [-0.1, -0.05) is 48.0 Å². The van der Waals surface area contributed by atoms with Crippen molar-refractivity contribution in [2.45, 2.75) is 37.8 Å². The molecule has 1 aliphatic carbocycles. The van der Waals surface area contributed by atoms with Crippen molar-refractivity contribution in [3.63, 3.8) is 0 Å². The molecule has 2 unspecified atom stereocenters. The number of rotatable bonds is 4. The molecular formula is C18H25ClN2. The first kappa shape index (κ1) is 15.1. The smallest absolute Gasteiger partial charge is 0.0561 e. The number of benzene rings is 1. The standard InChI is InChI=1S/C18H25ClN2/c1-17(15-9-10-15)14-21(12-6-11-19)18(2,13-20-17)16-7-4-3-5-8-16/h3-8,11,15,20H,9-10,12-14H2,1-2H3/b11-6+. The lowest BCUT2D eigenvalue weighted by atomic mass is 9.81. The van der Waals surface area contributed by atoms with Gasteiger partial charge in [-0.3, -0.25) is 4.90 Å². The molecule has 0 radical (unpaired) electrons. The highest BCUT2D eigenvalue weighted by atomic mass is 35.5. The summed E-state index contributed by atoms with van der Waals surface area (Å²) in [7, 11) is 0. The Morgan fingerprint density at radius 2 is 2.00 bits per heavy atom. The van der Waals surface area contributed by atoms with Gasteiger partial charge in [0.25, 0.3) is 0 Å². The monoisotopic (exact) mass is 304 g/mol. The van der Waals surface area contributed by atoms with E-state index >= 15 is 0 Å². The fourth-order valence-corrected chi connectivity index (χ4v) is 3.70. The zero-order valence-electron chi connectivity index (χ0n) is 13.0. The maximum absolute atomic E-state index is 5.78. The molecule has 0 bridgehead atoms. The predicted molar refractivity (Wildman–Crippen MR) is 89.5 cm³/mol. The molecule has 114 valence electrons. The van der Waals surface area contributed by atoms with Crippen LogP contribution in [0.2, 0.25) is 0 Å². The first-order valence-corrected chi connectivity index (χ1v) is 8.33. The van der Waals surface area contributed by atoms with Crippen LogP contribution in [-0.2, 0) is 5.54 Å². The largest absolute Gasteiger partial charge is 0.308 e. The van der Waals surface area contributed by atoms with Crippen molar-refractivity contribution in [1.82, 2.24) is 10.2 Å². The Bertz CT molecular complexity index is 511. The Morgan fingerprint density at radius 1 is 1.29 bits per heavy atom. The average molecular weight is 305 g/mol. The van der Waals surface area contributed by atoms with Crippen molar-refractivity contribution >= 4 is 11.6 Å². The lowest BCUT2D eigenvalue weighted by Gasteiger charge is -2.52. The van der Waals surface area contributed by atoms with Gasteiger partial charge in [0.15, 0.2) is 0 Å². The molecule has 1 heterocycles. The minimum atomic E-state index is 0.0199. The highest BCUT2D eigenvalue weighted by molar-refractivity contribution is 6.25. The Labute approximate surface area is 133 Å². The van der Waals surface area contributed by atoms with Crippen LogP contribution in [0.3, 0.4) is 0 Å². The number of hydrogen-bond donors (Lipinski definition) is 1. The number of nitrogens with one attached hydrogen (secondary N) is 1. The minimum Gasteiger partial charge on any atom is -0.308 e. The van der Waals surface area contributed by atoms with Gasteiger partial charge in [-0.15, -0.1) is 0 Å². The van der Waals surface area contributed by atoms with E-state index in [0.717, 1.165) is 25.6 Å². The van der Waals surface area contributed by atoms with E-state index in [2.05, 4.69) is 60.5 Å². The zero-order chi connectivity index (χ0) is 14.9. The molecule has 0 spiro atoms. The molecule has 1 aromatic carbocycles. The molecule has 3 rings (SSSR count). The van der Waals surface area contributed by atoms with Gasteiger partial charge in [-0.25, -0.2) is 0 Å². The fraction of sp³-hybridized carbons (Fsp3) is 0.556. The van der Waals surface area contributed by atoms with Crippen molar-refractivity contribution < 1.29 is 0 Å². The van der Waals surface area contributed by atoms with E-state index in [4.69, 9.17) is 11.6 Å². The van der Waals surface area contributed by atoms with Crippen LogP contribution in [0.4, 0.5) is 0 Å². The Morgan fingerprint density at radius 3 is 2.62 bits per heavy atom. The second-order valence-corrected chi connectivity index (χ2v) is 7.18. The highest BCUT2D eigenvalue weighted by Crippen LogP contribution is 2.44. The van der Waals surface area contributed by atoms with E-state index in [1.165, 1.54) is 18.4 Å². The van der Waals surface area contributed by atoms with Crippen molar-refractivity contribution in [1.29, 1.82) is 0 Å². The van der Waals surface area contributed by atoms with E-state index < -0.39 is 0 Å². The van der Waals surface area contributed by atoms with Crippen molar-refractivity contribution in [3.8, 4) is 0 Å². The third-order valence-corrected chi connectivity index (χ3v) is 5.52. The normalized spacial score (nSPS) is 34.4. The van der Waals surface area contributed by atoms with Crippen LogP contribution in [-0.4, -0.2) is 30.1 Å². The molecule has 21 heavy (non-hydrogen) atoms. The summed E-state index contributed by atoms with van der Waals surface area (Å²) >= 11 is 5.78. The molecular weight excluding hydrogens is 280 g/mol. The SMILES string of the molecule is CC1(C2CC2)CN(C/C=C/Cl)C(C)(c2ccccc2)CN1. The van der Waals surface area contributed by atoms with Crippen LogP contribution in [0.5, 0.6) is 0 Å². The summed E-state index contributed by atoms with van der Waals surface area (Å²) in [6.45, 7) is 7.68. The van der Waals surface area contributed by atoms with Crippen LogP contribution in [0, 0.1) is 5.92 Å². The van der Waals surface area contributed by atoms with E-state index in [-0.39, 0.29) is 11.1 Å². The quantitative estimate of drug-likeness (QED) is 0.912. The van der Waals surface area contributed by atoms with Gasteiger partial charge in [0, 0.05) is 30.7 Å². The molecule has 2 fully saturated rings. The predicted octanol–water partition coefficient (Wildman–Crippen LogP) is 3.73. The number of nitrogens with zero attached hydrogens (tertiary/aromatic N) is 1. The Balaban J connectivity index is 1.88. The van der Waals surface area contributed by atoms with E-state index in [1.807, 2.05) is 0 Å². The van der Waals surface area contributed by atoms with Gasteiger partial charge in [0.05, 0.1) is 5.54 Å². The van der Waals surface area contributed by atoms with Crippen LogP contribution in [0.25, 0.3) is 0 Å². The van der Waals surface area contributed by atoms with Crippen LogP contribution < -0.4 is 5.32 Å². The molecule has 1 N–H and O–H groups in total. The Kier molecular flexibility index (Phi) is 4.13. The van der Waals surface area contributed by atoms with Crippen LogP contribution in [0.1, 0.15) is 32.3 Å².